The summed E-state index contributed by atoms with van der Waals surface area (Å²) in [6.45, 7) is 4.11. The maximum absolute atomic E-state index is 12.9. The van der Waals surface area contributed by atoms with Crippen LogP contribution in [-0.4, -0.2) is 54.5 Å². The Morgan fingerprint density at radius 1 is 1.17 bits per heavy atom. The number of rotatable bonds is 5. The quantitative estimate of drug-likeness (QED) is 0.664. The van der Waals surface area contributed by atoms with Crippen molar-refractivity contribution >= 4 is 11.8 Å². The molecule has 0 atom stereocenters. The standard InChI is InChI=1S/C21H24N6O2/c1-15-17(13-25(3)23-15)12-24(2)20(28)18-14-26-9-10-27(21(29)19(26)22-18)11-16-7-5-4-6-8-16/h4-8,13-14H,9-12H2,1-3H3. The summed E-state index contributed by atoms with van der Waals surface area (Å²) in [4.78, 5) is 33.5. The molecule has 3 heterocycles. The Balaban J connectivity index is 1.49. The molecule has 0 unspecified atom stereocenters. The Morgan fingerprint density at radius 3 is 2.62 bits per heavy atom. The molecule has 0 bridgehead atoms. The lowest BCUT2D eigenvalue weighted by molar-refractivity contribution is 0.0683. The van der Waals surface area contributed by atoms with Crippen LogP contribution in [-0.2, 0) is 26.7 Å². The van der Waals surface area contributed by atoms with Gasteiger partial charge in [-0.1, -0.05) is 30.3 Å². The molecule has 150 valence electrons. The highest BCUT2D eigenvalue weighted by Crippen LogP contribution is 2.17. The molecule has 0 N–H and O–H groups in total. The number of aryl methyl sites for hydroxylation is 2. The Kier molecular flexibility index (Phi) is 4.92. The zero-order chi connectivity index (χ0) is 20.5. The zero-order valence-corrected chi connectivity index (χ0v) is 16.9. The molecule has 29 heavy (non-hydrogen) atoms. The van der Waals surface area contributed by atoms with Crippen molar-refractivity contribution in [2.75, 3.05) is 13.6 Å². The number of amides is 2. The molecule has 0 radical (unpaired) electrons. The fourth-order valence-electron chi connectivity index (χ4n) is 3.61. The lowest BCUT2D eigenvalue weighted by Crippen LogP contribution is -2.39. The second-order valence-electron chi connectivity index (χ2n) is 7.43. The normalized spacial score (nSPS) is 13.5. The van der Waals surface area contributed by atoms with Gasteiger partial charge in [-0.15, -0.1) is 0 Å². The third-order valence-electron chi connectivity index (χ3n) is 5.17. The summed E-state index contributed by atoms with van der Waals surface area (Å²) in [6.07, 6.45) is 3.59. The van der Waals surface area contributed by atoms with E-state index in [1.165, 1.54) is 0 Å². The number of hydrogen-bond acceptors (Lipinski definition) is 4. The van der Waals surface area contributed by atoms with Crippen molar-refractivity contribution in [2.45, 2.75) is 26.6 Å². The second kappa shape index (κ2) is 7.54. The summed E-state index contributed by atoms with van der Waals surface area (Å²) >= 11 is 0. The number of imidazole rings is 1. The van der Waals surface area contributed by atoms with Crippen molar-refractivity contribution in [1.29, 1.82) is 0 Å². The summed E-state index contributed by atoms with van der Waals surface area (Å²) in [5, 5.41) is 4.31. The molecule has 0 fully saturated rings. The van der Waals surface area contributed by atoms with E-state index in [0.29, 0.717) is 37.7 Å². The Labute approximate surface area is 169 Å². The molecule has 0 saturated heterocycles. The van der Waals surface area contributed by atoms with E-state index < -0.39 is 0 Å². The number of nitrogens with zero attached hydrogens (tertiary/aromatic N) is 6. The summed E-state index contributed by atoms with van der Waals surface area (Å²) in [6, 6.07) is 9.87. The summed E-state index contributed by atoms with van der Waals surface area (Å²) in [7, 11) is 3.59. The van der Waals surface area contributed by atoms with E-state index >= 15 is 0 Å². The summed E-state index contributed by atoms with van der Waals surface area (Å²) in [5.74, 6) is -0.0380. The predicted octanol–water partition coefficient (Wildman–Crippen LogP) is 1.85. The number of fused-ring (bicyclic) bond motifs is 1. The van der Waals surface area contributed by atoms with Crippen molar-refractivity contribution in [3.05, 3.63) is 71.1 Å². The Bertz CT molecular complexity index is 1050. The molecule has 3 aromatic rings. The number of carbonyl (C=O) groups is 2. The van der Waals surface area contributed by atoms with Crippen LogP contribution in [0, 0.1) is 6.92 Å². The van der Waals surface area contributed by atoms with Crippen LogP contribution in [0.25, 0.3) is 0 Å². The van der Waals surface area contributed by atoms with E-state index in [9.17, 15) is 9.59 Å². The fourth-order valence-corrected chi connectivity index (χ4v) is 3.61. The van der Waals surface area contributed by atoms with Crippen LogP contribution in [0.3, 0.4) is 0 Å². The van der Waals surface area contributed by atoms with Crippen LogP contribution in [0.2, 0.25) is 0 Å². The lowest BCUT2D eigenvalue weighted by Gasteiger charge is -2.27. The third kappa shape index (κ3) is 3.78. The number of aromatic nitrogens is 4. The molecule has 0 spiro atoms. The largest absolute Gasteiger partial charge is 0.336 e. The number of hydrogen-bond donors (Lipinski definition) is 0. The SMILES string of the molecule is Cc1nn(C)cc1CN(C)C(=O)c1cn2c(n1)C(=O)N(Cc1ccccc1)CC2. The molecule has 1 aromatic carbocycles. The van der Waals surface area contributed by atoms with Crippen LogP contribution >= 0.6 is 0 Å². The molecule has 4 rings (SSSR count). The van der Waals surface area contributed by atoms with E-state index in [1.807, 2.05) is 50.5 Å². The molecule has 8 heteroatoms. The zero-order valence-electron chi connectivity index (χ0n) is 16.9. The Morgan fingerprint density at radius 2 is 1.93 bits per heavy atom. The van der Waals surface area contributed by atoms with Gasteiger partial charge in [0.2, 0.25) is 0 Å². The maximum atomic E-state index is 12.9. The molecule has 0 aliphatic carbocycles. The predicted molar refractivity (Wildman–Crippen MR) is 107 cm³/mol. The number of benzene rings is 1. The number of carbonyl (C=O) groups excluding carboxylic acids is 2. The summed E-state index contributed by atoms with van der Waals surface area (Å²) in [5.41, 5.74) is 3.24. The minimum atomic E-state index is -0.211. The van der Waals surface area contributed by atoms with Crippen LogP contribution in [0.15, 0.2) is 42.7 Å². The van der Waals surface area contributed by atoms with Crippen molar-refractivity contribution in [1.82, 2.24) is 29.1 Å². The van der Waals surface area contributed by atoms with E-state index in [4.69, 9.17) is 0 Å². The molecule has 1 aliphatic heterocycles. The molecule has 1 aliphatic rings. The molecular formula is C21H24N6O2. The first-order chi connectivity index (χ1) is 13.9. The Hall–Kier alpha value is -3.42. The van der Waals surface area contributed by atoms with E-state index in [0.717, 1.165) is 16.8 Å². The average molecular weight is 392 g/mol. The summed E-state index contributed by atoms with van der Waals surface area (Å²) < 4.78 is 3.51. The molecule has 0 saturated carbocycles. The minimum absolute atomic E-state index is 0.148. The van der Waals surface area contributed by atoms with Gasteiger partial charge in [0.05, 0.1) is 5.69 Å². The first-order valence-electron chi connectivity index (χ1n) is 9.57. The van der Waals surface area contributed by atoms with Gasteiger partial charge in [0.25, 0.3) is 11.8 Å². The molecular weight excluding hydrogens is 368 g/mol. The van der Waals surface area contributed by atoms with Crippen molar-refractivity contribution in [3.63, 3.8) is 0 Å². The topological polar surface area (TPSA) is 76.3 Å². The minimum Gasteiger partial charge on any atom is -0.336 e. The van der Waals surface area contributed by atoms with Crippen LogP contribution < -0.4 is 0 Å². The average Bonchev–Trinajstić information content (AvgIpc) is 3.27. The highest BCUT2D eigenvalue weighted by atomic mass is 16.2. The van der Waals surface area contributed by atoms with Gasteiger partial charge in [0.1, 0.15) is 5.69 Å². The van der Waals surface area contributed by atoms with Crippen molar-refractivity contribution < 1.29 is 9.59 Å². The highest BCUT2D eigenvalue weighted by molar-refractivity contribution is 5.96. The van der Waals surface area contributed by atoms with E-state index in [-0.39, 0.29) is 11.8 Å². The second-order valence-corrected chi connectivity index (χ2v) is 7.43. The first-order valence-corrected chi connectivity index (χ1v) is 9.57. The van der Waals surface area contributed by atoms with Crippen molar-refractivity contribution in [3.8, 4) is 0 Å². The van der Waals surface area contributed by atoms with Gasteiger partial charge in [0.15, 0.2) is 5.82 Å². The van der Waals surface area contributed by atoms with Gasteiger partial charge in [-0.25, -0.2) is 4.98 Å². The van der Waals surface area contributed by atoms with Crippen LogP contribution in [0.1, 0.15) is 37.9 Å². The third-order valence-corrected chi connectivity index (χ3v) is 5.17. The van der Waals surface area contributed by atoms with Gasteiger partial charge in [-0.05, 0) is 12.5 Å². The van der Waals surface area contributed by atoms with Gasteiger partial charge in [0, 0.05) is 58.2 Å². The first kappa shape index (κ1) is 18.9. The van der Waals surface area contributed by atoms with E-state index in [2.05, 4.69) is 10.1 Å². The molecule has 8 nitrogen and oxygen atoms in total. The molecule has 2 aromatic heterocycles. The smallest absolute Gasteiger partial charge is 0.290 e. The van der Waals surface area contributed by atoms with Gasteiger partial charge in [-0.2, -0.15) is 5.10 Å². The fraction of sp³-hybridized carbons (Fsp3) is 0.333. The van der Waals surface area contributed by atoms with Crippen molar-refractivity contribution in [2.24, 2.45) is 7.05 Å². The highest BCUT2D eigenvalue weighted by Gasteiger charge is 2.29. The van der Waals surface area contributed by atoms with Crippen LogP contribution in [0.5, 0.6) is 0 Å². The van der Waals surface area contributed by atoms with E-state index in [1.54, 1.807) is 32.3 Å². The maximum Gasteiger partial charge on any atom is 0.290 e. The van der Waals surface area contributed by atoms with Gasteiger partial charge in [-0.3, -0.25) is 14.3 Å². The molecule has 2 amide bonds. The lowest BCUT2D eigenvalue weighted by atomic mass is 10.2. The monoisotopic (exact) mass is 392 g/mol. The van der Waals surface area contributed by atoms with Crippen LogP contribution in [0.4, 0.5) is 0 Å². The van der Waals surface area contributed by atoms with Gasteiger partial charge >= 0.3 is 0 Å². The van der Waals surface area contributed by atoms with Gasteiger partial charge < -0.3 is 14.4 Å².